The van der Waals surface area contributed by atoms with Crippen molar-refractivity contribution in [2.45, 2.75) is 52.1 Å². The summed E-state index contributed by atoms with van der Waals surface area (Å²) >= 11 is 0. The van der Waals surface area contributed by atoms with E-state index in [0.29, 0.717) is 0 Å². The number of nitrogens with two attached hydrogens (primary N) is 1. The maximum Gasteiger partial charge on any atom is 0.126 e. The molecule has 0 aliphatic heterocycles. The van der Waals surface area contributed by atoms with Gasteiger partial charge in [0.05, 0.1) is 24.2 Å². The number of ether oxygens (including phenoxy) is 1. The van der Waals surface area contributed by atoms with Crippen molar-refractivity contribution in [3.63, 3.8) is 0 Å². The Morgan fingerprint density at radius 1 is 1.30 bits per heavy atom. The van der Waals surface area contributed by atoms with E-state index in [2.05, 4.69) is 22.5 Å². The van der Waals surface area contributed by atoms with Gasteiger partial charge in [-0.2, -0.15) is 0 Å². The molecular weight excluding hydrogens is 250 g/mol. The quantitative estimate of drug-likeness (QED) is 0.785. The number of nitrogens with zero attached hydrogens (tertiary/aromatic N) is 2. The van der Waals surface area contributed by atoms with Crippen LogP contribution in [0.2, 0.25) is 0 Å². The molecule has 2 aromatic rings. The number of fused-ring (bicyclic) bond motifs is 1. The molecule has 0 amide bonds. The second-order valence-corrected chi connectivity index (χ2v) is 5.33. The minimum absolute atomic E-state index is 0.0560. The van der Waals surface area contributed by atoms with Crippen molar-refractivity contribution >= 4 is 11.0 Å². The molecule has 1 atom stereocenters. The summed E-state index contributed by atoms with van der Waals surface area (Å²) in [6.45, 7) is 5.20. The number of benzene rings is 1. The van der Waals surface area contributed by atoms with Crippen LogP contribution >= 0.6 is 0 Å². The van der Waals surface area contributed by atoms with E-state index >= 15 is 0 Å². The van der Waals surface area contributed by atoms with Gasteiger partial charge in [-0.3, -0.25) is 0 Å². The number of unbranched alkanes of at least 4 members (excludes halogenated alkanes) is 3. The van der Waals surface area contributed by atoms with E-state index in [1.807, 2.05) is 19.1 Å². The van der Waals surface area contributed by atoms with Gasteiger partial charge < -0.3 is 15.0 Å². The molecule has 0 spiro atoms. The largest absolute Gasteiger partial charge is 0.497 e. The molecule has 1 unspecified atom stereocenters. The van der Waals surface area contributed by atoms with Crippen molar-refractivity contribution in [1.82, 2.24) is 9.55 Å². The van der Waals surface area contributed by atoms with Crippen LogP contribution in [-0.2, 0) is 6.54 Å². The summed E-state index contributed by atoms with van der Waals surface area (Å²) in [5.74, 6) is 1.80. The lowest BCUT2D eigenvalue weighted by atomic mass is 10.2. The Kier molecular flexibility index (Phi) is 5.01. The molecule has 20 heavy (non-hydrogen) atoms. The first-order valence-corrected chi connectivity index (χ1v) is 7.47. The van der Waals surface area contributed by atoms with Gasteiger partial charge in [0, 0.05) is 12.6 Å². The lowest BCUT2D eigenvalue weighted by Crippen LogP contribution is -2.13. The number of rotatable bonds is 7. The fourth-order valence-corrected chi connectivity index (χ4v) is 2.53. The molecule has 1 aromatic carbocycles. The standard InChI is InChI=1S/C16H25N3O/c1-4-5-6-7-10-19-15-9-8-13(20-3)11-14(15)18-16(19)12(2)17/h8-9,11-12H,4-7,10,17H2,1-3H3. The van der Waals surface area contributed by atoms with Gasteiger partial charge in [-0.15, -0.1) is 0 Å². The van der Waals surface area contributed by atoms with E-state index in [0.717, 1.165) is 29.2 Å². The van der Waals surface area contributed by atoms with Gasteiger partial charge in [-0.05, 0) is 25.5 Å². The van der Waals surface area contributed by atoms with Crippen LogP contribution in [0, 0.1) is 0 Å². The smallest absolute Gasteiger partial charge is 0.126 e. The highest BCUT2D eigenvalue weighted by Crippen LogP contribution is 2.24. The summed E-state index contributed by atoms with van der Waals surface area (Å²) in [5.41, 5.74) is 8.18. The van der Waals surface area contributed by atoms with E-state index < -0.39 is 0 Å². The van der Waals surface area contributed by atoms with Gasteiger partial charge in [0.1, 0.15) is 11.6 Å². The number of aromatic nitrogens is 2. The van der Waals surface area contributed by atoms with E-state index in [1.165, 1.54) is 25.7 Å². The maximum absolute atomic E-state index is 6.06. The van der Waals surface area contributed by atoms with Gasteiger partial charge in [0.25, 0.3) is 0 Å². The molecule has 2 rings (SSSR count). The highest BCUT2D eigenvalue weighted by molar-refractivity contribution is 5.78. The molecular formula is C16H25N3O. The molecule has 1 heterocycles. The highest BCUT2D eigenvalue weighted by Gasteiger charge is 2.14. The Morgan fingerprint density at radius 2 is 2.10 bits per heavy atom. The second-order valence-electron chi connectivity index (χ2n) is 5.33. The summed E-state index contributed by atoms with van der Waals surface area (Å²) in [5, 5.41) is 0. The summed E-state index contributed by atoms with van der Waals surface area (Å²) in [7, 11) is 1.68. The number of aryl methyl sites for hydroxylation is 1. The lowest BCUT2D eigenvalue weighted by Gasteiger charge is -2.11. The van der Waals surface area contributed by atoms with Crippen LogP contribution in [0.4, 0.5) is 0 Å². The van der Waals surface area contributed by atoms with Crippen LogP contribution in [0.25, 0.3) is 11.0 Å². The van der Waals surface area contributed by atoms with Crippen LogP contribution in [0.5, 0.6) is 5.75 Å². The van der Waals surface area contributed by atoms with Crippen molar-refractivity contribution in [1.29, 1.82) is 0 Å². The Hall–Kier alpha value is -1.55. The van der Waals surface area contributed by atoms with Crippen molar-refractivity contribution in [3.05, 3.63) is 24.0 Å². The van der Waals surface area contributed by atoms with Crippen molar-refractivity contribution < 1.29 is 4.74 Å². The van der Waals surface area contributed by atoms with Gasteiger partial charge in [-0.25, -0.2) is 4.98 Å². The molecule has 2 N–H and O–H groups in total. The first-order valence-electron chi connectivity index (χ1n) is 7.47. The molecule has 0 aliphatic rings. The Labute approximate surface area is 120 Å². The molecule has 4 heteroatoms. The van der Waals surface area contributed by atoms with E-state index in [1.54, 1.807) is 7.11 Å². The van der Waals surface area contributed by atoms with Gasteiger partial charge >= 0.3 is 0 Å². The zero-order valence-electron chi connectivity index (χ0n) is 12.7. The molecule has 110 valence electrons. The van der Waals surface area contributed by atoms with E-state index in [-0.39, 0.29) is 6.04 Å². The Balaban J connectivity index is 2.31. The molecule has 0 aliphatic carbocycles. The minimum Gasteiger partial charge on any atom is -0.497 e. The van der Waals surface area contributed by atoms with Gasteiger partial charge in [0.15, 0.2) is 0 Å². The summed E-state index contributed by atoms with van der Waals surface area (Å²) in [6, 6.07) is 5.98. The zero-order valence-corrected chi connectivity index (χ0v) is 12.7. The van der Waals surface area contributed by atoms with Gasteiger partial charge in [-0.1, -0.05) is 26.2 Å². The first kappa shape index (κ1) is 14.9. The minimum atomic E-state index is -0.0560. The molecule has 0 bridgehead atoms. The fraction of sp³-hybridized carbons (Fsp3) is 0.562. The van der Waals surface area contributed by atoms with Crippen LogP contribution in [0.1, 0.15) is 51.4 Å². The van der Waals surface area contributed by atoms with Crippen molar-refractivity contribution in [3.8, 4) is 5.75 Å². The molecule has 1 aromatic heterocycles. The number of imidazole rings is 1. The number of hydrogen-bond donors (Lipinski definition) is 1. The topological polar surface area (TPSA) is 53.1 Å². The number of methoxy groups -OCH3 is 1. The van der Waals surface area contributed by atoms with E-state index in [9.17, 15) is 0 Å². The predicted octanol–water partition coefficient (Wildman–Crippen LogP) is 3.64. The third-order valence-corrected chi connectivity index (χ3v) is 3.63. The van der Waals surface area contributed by atoms with Crippen molar-refractivity contribution in [2.24, 2.45) is 5.73 Å². The fourth-order valence-electron chi connectivity index (χ4n) is 2.53. The van der Waals surface area contributed by atoms with Crippen LogP contribution in [0.3, 0.4) is 0 Å². The van der Waals surface area contributed by atoms with Crippen LogP contribution in [0.15, 0.2) is 18.2 Å². The molecule has 0 radical (unpaired) electrons. The third-order valence-electron chi connectivity index (χ3n) is 3.63. The summed E-state index contributed by atoms with van der Waals surface area (Å²) in [4.78, 5) is 4.68. The Morgan fingerprint density at radius 3 is 2.75 bits per heavy atom. The Bertz CT molecular complexity index is 560. The van der Waals surface area contributed by atoms with Crippen molar-refractivity contribution in [2.75, 3.05) is 7.11 Å². The molecule has 4 nitrogen and oxygen atoms in total. The van der Waals surface area contributed by atoms with Crippen LogP contribution < -0.4 is 10.5 Å². The molecule has 0 saturated carbocycles. The zero-order chi connectivity index (χ0) is 14.5. The molecule has 0 saturated heterocycles. The average Bonchev–Trinajstić information content (AvgIpc) is 2.81. The average molecular weight is 275 g/mol. The summed E-state index contributed by atoms with van der Waals surface area (Å²) in [6.07, 6.45) is 4.96. The number of hydrogen-bond acceptors (Lipinski definition) is 3. The SMILES string of the molecule is CCCCCCn1c(C(C)N)nc2cc(OC)ccc21. The van der Waals surface area contributed by atoms with E-state index in [4.69, 9.17) is 10.5 Å². The normalized spacial score (nSPS) is 12.8. The predicted molar refractivity (Wildman–Crippen MR) is 83.0 cm³/mol. The lowest BCUT2D eigenvalue weighted by molar-refractivity contribution is 0.415. The van der Waals surface area contributed by atoms with Crippen LogP contribution in [-0.4, -0.2) is 16.7 Å². The maximum atomic E-state index is 6.06. The second kappa shape index (κ2) is 6.75. The third kappa shape index (κ3) is 3.12. The first-order chi connectivity index (χ1) is 9.67. The highest BCUT2D eigenvalue weighted by atomic mass is 16.5. The monoisotopic (exact) mass is 275 g/mol. The summed E-state index contributed by atoms with van der Waals surface area (Å²) < 4.78 is 7.52. The molecule has 0 fully saturated rings. The van der Waals surface area contributed by atoms with Gasteiger partial charge in [0.2, 0.25) is 0 Å².